The van der Waals surface area contributed by atoms with Crippen molar-refractivity contribution >= 4 is 30.0 Å². The van der Waals surface area contributed by atoms with E-state index in [1.807, 2.05) is 0 Å². The third-order valence-corrected chi connectivity index (χ3v) is 5.76. The molecule has 0 radical (unpaired) electrons. The van der Waals surface area contributed by atoms with Crippen LogP contribution in [0.25, 0.3) is 0 Å². The van der Waals surface area contributed by atoms with Gasteiger partial charge in [0.1, 0.15) is 18.0 Å². The van der Waals surface area contributed by atoms with Gasteiger partial charge in [0, 0.05) is 37.7 Å². The molecule has 0 unspecified atom stereocenters. The number of rotatable bonds is 11. The number of hydrogen-bond acceptors (Lipinski definition) is 8. The quantitative estimate of drug-likeness (QED) is 0.360. The summed E-state index contributed by atoms with van der Waals surface area (Å²) in [4.78, 5) is 28.3. The lowest BCUT2D eigenvalue weighted by Crippen LogP contribution is -2.43. The number of aromatic nitrogens is 6. The molecule has 15 heteroatoms. The highest BCUT2D eigenvalue weighted by molar-refractivity contribution is 5.91. The second kappa shape index (κ2) is 12.8. The van der Waals surface area contributed by atoms with Gasteiger partial charge in [0.05, 0.1) is 30.6 Å². The van der Waals surface area contributed by atoms with Crippen LogP contribution in [0, 0.1) is 6.92 Å². The summed E-state index contributed by atoms with van der Waals surface area (Å²) in [5, 5.41) is 20.5. The fourth-order valence-electron chi connectivity index (χ4n) is 3.87. The van der Waals surface area contributed by atoms with Gasteiger partial charge in [-0.15, -0.1) is 22.6 Å². The summed E-state index contributed by atoms with van der Waals surface area (Å²) in [6, 6.07) is 6.40. The molecule has 0 aliphatic heterocycles. The zero-order valence-electron chi connectivity index (χ0n) is 21.2. The summed E-state index contributed by atoms with van der Waals surface area (Å²) < 4.78 is 47.3. The van der Waals surface area contributed by atoms with E-state index in [4.69, 9.17) is 4.74 Å². The molecule has 1 saturated carbocycles. The predicted molar refractivity (Wildman–Crippen MR) is 136 cm³/mol. The van der Waals surface area contributed by atoms with Gasteiger partial charge < -0.3 is 15.4 Å². The minimum absolute atomic E-state index is 0. The van der Waals surface area contributed by atoms with E-state index in [-0.39, 0.29) is 62.1 Å². The summed E-state index contributed by atoms with van der Waals surface area (Å²) in [5.74, 6) is -2.86. The molecule has 1 aliphatic rings. The molecule has 0 aromatic carbocycles. The molecule has 39 heavy (non-hydrogen) atoms. The van der Waals surface area contributed by atoms with Gasteiger partial charge in [-0.3, -0.25) is 14.6 Å². The number of anilines is 1. The Kier molecular flexibility index (Phi) is 9.78. The van der Waals surface area contributed by atoms with E-state index < -0.39 is 24.1 Å². The van der Waals surface area contributed by atoms with Gasteiger partial charge in [-0.2, -0.15) is 5.10 Å². The molecule has 2 amide bonds. The lowest BCUT2D eigenvalue weighted by Gasteiger charge is -2.34. The highest BCUT2D eigenvalue weighted by Crippen LogP contribution is 2.39. The summed E-state index contributed by atoms with van der Waals surface area (Å²) in [6.45, 7) is 1.67. The lowest BCUT2D eigenvalue weighted by atomic mass is 9.91. The summed E-state index contributed by atoms with van der Waals surface area (Å²) in [6.07, 6.45) is -0.695. The molecule has 11 nitrogen and oxygen atoms in total. The van der Waals surface area contributed by atoms with Crippen LogP contribution in [0.2, 0.25) is 0 Å². The van der Waals surface area contributed by atoms with Gasteiger partial charge in [-0.25, -0.2) is 17.9 Å². The zero-order chi connectivity index (χ0) is 27.3. The monoisotopic (exact) mass is 568 g/mol. The first-order valence-corrected chi connectivity index (χ1v) is 12.0. The number of halogens is 4. The van der Waals surface area contributed by atoms with Crippen molar-refractivity contribution in [3.8, 4) is 5.75 Å². The van der Waals surface area contributed by atoms with Crippen LogP contribution >= 0.6 is 12.4 Å². The van der Waals surface area contributed by atoms with Gasteiger partial charge in [-0.1, -0.05) is 5.21 Å². The number of nitrogens with zero attached hydrogens (tertiary/aromatic N) is 6. The van der Waals surface area contributed by atoms with Crippen LogP contribution < -0.4 is 15.4 Å². The van der Waals surface area contributed by atoms with Crippen molar-refractivity contribution in [2.75, 3.05) is 12.4 Å². The van der Waals surface area contributed by atoms with Crippen LogP contribution in [-0.2, 0) is 24.2 Å². The number of pyridine rings is 1. The van der Waals surface area contributed by atoms with E-state index >= 15 is 0 Å². The van der Waals surface area contributed by atoms with Crippen LogP contribution in [-0.4, -0.2) is 67.2 Å². The number of nitrogens with one attached hydrogen (secondary N) is 2. The van der Waals surface area contributed by atoms with Crippen molar-refractivity contribution in [1.29, 1.82) is 0 Å². The van der Waals surface area contributed by atoms with Gasteiger partial charge >= 0.3 is 0 Å². The third kappa shape index (κ3) is 8.60. The number of alkyl halides is 3. The molecule has 2 N–H and O–H groups in total. The predicted octanol–water partition coefficient (Wildman–Crippen LogP) is 2.88. The van der Waals surface area contributed by atoms with E-state index in [0.717, 1.165) is 0 Å². The number of carbonyl (C=O) groups excluding carboxylic acids is 2. The van der Waals surface area contributed by atoms with Gasteiger partial charge in [0.15, 0.2) is 11.5 Å². The van der Waals surface area contributed by atoms with Crippen molar-refractivity contribution in [3.63, 3.8) is 0 Å². The molecular weight excluding hydrogens is 541 g/mol. The Morgan fingerprint density at radius 3 is 2.62 bits per heavy atom. The Morgan fingerprint density at radius 2 is 1.95 bits per heavy atom. The smallest absolute Gasteiger partial charge is 0.273 e. The number of aryl methyl sites for hydroxylation is 2. The summed E-state index contributed by atoms with van der Waals surface area (Å²) >= 11 is 0. The minimum atomic E-state index is -2.68. The molecule has 210 valence electrons. The summed E-state index contributed by atoms with van der Waals surface area (Å²) in [7, 11) is 1.47. The van der Waals surface area contributed by atoms with E-state index in [1.54, 1.807) is 31.2 Å². The van der Waals surface area contributed by atoms with Crippen molar-refractivity contribution in [2.24, 2.45) is 0 Å². The van der Waals surface area contributed by atoms with Crippen molar-refractivity contribution < 1.29 is 27.5 Å². The third-order valence-electron chi connectivity index (χ3n) is 5.76. The molecule has 3 aromatic heterocycles. The fraction of sp³-hybridized carbons (Fsp3) is 0.458. The van der Waals surface area contributed by atoms with Crippen molar-refractivity contribution in [1.82, 2.24) is 35.5 Å². The second-order valence-electron chi connectivity index (χ2n) is 9.12. The normalized spacial score (nSPS) is 15.0. The average Bonchev–Trinajstić information content (AvgIpc) is 3.30. The molecular formula is C24H28ClF3N8O3. The molecule has 4 rings (SSSR count). The lowest BCUT2D eigenvalue weighted by molar-refractivity contribution is -0.134. The number of amides is 2. The number of carbonyl (C=O) groups is 2. The summed E-state index contributed by atoms with van der Waals surface area (Å²) in [5.41, 5.74) is 1.68. The van der Waals surface area contributed by atoms with Crippen LogP contribution in [0.5, 0.6) is 5.75 Å². The Bertz CT molecular complexity index is 1280. The fourth-order valence-corrected chi connectivity index (χ4v) is 3.87. The second-order valence-corrected chi connectivity index (χ2v) is 9.12. The largest absolute Gasteiger partial charge is 0.490 e. The molecule has 1 aliphatic carbocycles. The Hall–Kier alpha value is -3.81. The van der Waals surface area contributed by atoms with Crippen molar-refractivity contribution in [3.05, 3.63) is 53.2 Å². The standard InChI is InChI=1S/C24H27F3N8O3.ClH/c1-14-7-18(38-19-10-24(26,27)11-19)8-17(29-14)9-22(36)30-21-6-5-16(31-33-21)4-3-15(25)12-35-13-20(32-34-35)23(37)28-2;/h5-8,13,15,19H,3-4,9-12H2,1-2H3,(H,28,37)(H,30,33,36);1H/t15-;/m1./s1. The Morgan fingerprint density at radius 1 is 1.18 bits per heavy atom. The maximum atomic E-state index is 14.4. The average molecular weight is 569 g/mol. The van der Waals surface area contributed by atoms with Gasteiger partial charge in [0.2, 0.25) is 5.91 Å². The molecule has 0 spiro atoms. The SMILES string of the molecule is CNC(=O)c1cn(C[C@H](F)CCc2ccc(NC(=O)Cc3cc(OC4CC(F)(F)C4)cc(C)n3)nn2)nn1.Cl. The van der Waals surface area contributed by atoms with E-state index in [9.17, 15) is 22.8 Å². The first kappa shape index (κ1) is 29.7. The maximum absolute atomic E-state index is 14.4. The Labute approximate surface area is 228 Å². The number of ether oxygens (including phenoxy) is 1. The molecule has 3 heterocycles. The first-order chi connectivity index (χ1) is 18.1. The highest BCUT2D eigenvalue weighted by Gasteiger charge is 2.47. The molecule has 3 aromatic rings. The van der Waals surface area contributed by atoms with E-state index in [2.05, 4.69) is 36.1 Å². The van der Waals surface area contributed by atoms with E-state index in [1.165, 1.54) is 17.9 Å². The topological polar surface area (TPSA) is 137 Å². The first-order valence-electron chi connectivity index (χ1n) is 12.0. The molecule has 0 saturated heterocycles. The van der Waals surface area contributed by atoms with Crippen LogP contribution in [0.4, 0.5) is 19.0 Å². The zero-order valence-corrected chi connectivity index (χ0v) is 22.1. The van der Waals surface area contributed by atoms with Crippen LogP contribution in [0.1, 0.15) is 46.8 Å². The molecule has 1 atom stereocenters. The van der Waals surface area contributed by atoms with Crippen LogP contribution in [0.15, 0.2) is 30.5 Å². The van der Waals surface area contributed by atoms with Gasteiger partial charge in [0.25, 0.3) is 11.8 Å². The van der Waals surface area contributed by atoms with Gasteiger partial charge in [-0.05, 0) is 31.9 Å². The van der Waals surface area contributed by atoms with Crippen molar-refractivity contribution in [2.45, 2.75) is 63.8 Å². The maximum Gasteiger partial charge on any atom is 0.273 e. The highest BCUT2D eigenvalue weighted by atomic mass is 35.5. The van der Waals surface area contributed by atoms with E-state index in [0.29, 0.717) is 29.3 Å². The Balaban J connectivity index is 0.00000420. The van der Waals surface area contributed by atoms with Crippen LogP contribution in [0.3, 0.4) is 0 Å². The molecule has 0 bridgehead atoms. The number of hydrogen-bond donors (Lipinski definition) is 2. The minimum Gasteiger partial charge on any atom is -0.490 e. The molecule has 1 fully saturated rings.